The van der Waals surface area contributed by atoms with Gasteiger partial charge in [-0.1, -0.05) is 61.5 Å². The number of nitrogens with zero attached hydrogens (tertiary/aromatic N) is 1. The monoisotopic (exact) mass is 352 g/mol. The molecular formula is C24H36N2. The average Bonchev–Trinajstić information content (AvgIpc) is 2.69. The molecule has 0 atom stereocenters. The smallest absolute Gasteiger partial charge is 0.0458 e. The average molecular weight is 353 g/mol. The molecule has 0 unspecified atom stereocenters. The molecule has 1 N–H and O–H groups in total. The normalized spacial score (nSPS) is 22.6. The summed E-state index contributed by atoms with van der Waals surface area (Å²) in [7, 11) is 6.54. The Labute approximate surface area is 160 Å². The molecule has 0 aromatic heterocycles. The van der Waals surface area contributed by atoms with Crippen LogP contribution in [0.25, 0.3) is 0 Å². The van der Waals surface area contributed by atoms with Crippen LogP contribution in [0.15, 0.2) is 54.6 Å². The fraction of sp³-hybridized carbons (Fsp3) is 0.500. The van der Waals surface area contributed by atoms with Crippen LogP contribution < -0.4 is 5.32 Å². The van der Waals surface area contributed by atoms with Gasteiger partial charge >= 0.3 is 0 Å². The van der Waals surface area contributed by atoms with E-state index in [4.69, 9.17) is 0 Å². The van der Waals surface area contributed by atoms with Crippen molar-refractivity contribution in [3.63, 3.8) is 0 Å². The van der Waals surface area contributed by atoms with E-state index in [0.29, 0.717) is 6.04 Å². The Balaban J connectivity index is 0.000000254. The molecule has 1 aliphatic rings. The van der Waals surface area contributed by atoms with Crippen molar-refractivity contribution < 1.29 is 0 Å². The van der Waals surface area contributed by atoms with Crippen molar-refractivity contribution in [2.75, 3.05) is 21.1 Å². The Bertz CT molecular complexity index is 640. The minimum absolute atomic E-state index is 0.235. The van der Waals surface area contributed by atoms with Gasteiger partial charge in [0.2, 0.25) is 0 Å². The SMILES string of the molecule is CCc1ccccc1.CNC1CCC(c2ccccc2C)(N(C)C)CC1. The van der Waals surface area contributed by atoms with Gasteiger partial charge in [-0.05, 0) is 76.9 Å². The molecule has 0 heterocycles. The molecule has 2 aromatic rings. The van der Waals surface area contributed by atoms with Gasteiger partial charge in [0.1, 0.15) is 0 Å². The number of aryl methyl sites for hydroxylation is 2. The van der Waals surface area contributed by atoms with Crippen LogP contribution in [-0.4, -0.2) is 32.1 Å². The lowest BCUT2D eigenvalue weighted by Crippen LogP contribution is -2.47. The summed E-state index contributed by atoms with van der Waals surface area (Å²) in [6.07, 6.45) is 6.17. The molecule has 2 heteroatoms. The Morgan fingerprint density at radius 2 is 1.54 bits per heavy atom. The van der Waals surface area contributed by atoms with Crippen LogP contribution >= 0.6 is 0 Å². The second kappa shape index (κ2) is 9.89. The predicted octanol–water partition coefficient (Wildman–Crippen LogP) is 5.16. The summed E-state index contributed by atoms with van der Waals surface area (Å²) in [6, 6.07) is 20.0. The summed E-state index contributed by atoms with van der Waals surface area (Å²) < 4.78 is 0. The van der Waals surface area contributed by atoms with Gasteiger partial charge < -0.3 is 5.32 Å². The van der Waals surface area contributed by atoms with Gasteiger partial charge in [0, 0.05) is 11.6 Å². The van der Waals surface area contributed by atoms with E-state index < -0.39 is 0 Å². The first-order valence-corrected chi connectivity index (χ1v) is 9.98. The molecule has 1 aliphatic carbocycles. The summed E-state index contributed by atoms with van der Waals surface area (Å²) in [5.41, 5.74) is 4.59. The minimum atomic E-state index is 0.235. The third-order valence-electron chi connectivity index (χ3n) is 5.97. The molecule has 0 amide bonds. The predicted molar refractivity (Wildman–Crippen MR) is 114 cm³/mol. The van der Waals surface area contributed by atoms with E-state index in [-0.39, 0.29) is 5.54 Å². The van der Waals surface area contributed by atoms with Crippen molar-refractivity contribution in [3.05, 3.63) is 71.3 Å². The summed E-state index contributed by atoms with van der Waals surface area (Å²) in [5, 5.41) is 3.43. The van der Waals surface area contributed by atoms with Crippen molar-refractivity contribution in [1.82, 2.24) is 10.2 Å². The van der Waals surface area contributed by atoms with Crippen LogP contribution in [0.3, 0.4) is 0 Å². The largest absolute Gasteiger partial charge is 0.317 e. The maximum atomic E-state index is 3.43. The molecular weight excluding hydrogens is 316 g/mol. The highest BCUT2D eigenvalue weighted by atomic mass is 15.1. The Hall–Kier alpha value is -1.64. The van der Waals surface area contributed by atoms with Crippen molar-refractivity contribution >= 4 is 0 Å². The maximum Gasteiger partial charge on any atom is 0.0458 e. The minimum Gasteiger partial charge on any atom is -0.317 e. The summed E-state index contributed by atoms with van der Waals surface area (Å²) in [4.78, 5) is 2.43. The van der Waals surface area contributed by atoms with Crippen molar-refractivity contribution in [3.8, 4) is 0 Å². The number of rotatable bonds is 4. The van der Waals surface area contributed by atoms with Gasteiger partial charge in [-0.3, -0.25) is 4.90 Å². The van der Waals surface area contributed by atoms with Gasteiger partial charge in [-0.15, -0.1) is 0 Å². The van der Waals surface area contributed by atoms with Gasteiger partial charge in [0.05, 0.1) is 0 Å². The lowest BCUT2D eigenvalue weighted by atomic mass is 9.73. The molecule has 0 aliphatic heterocycles. The highest BCUT2D eigenvalue weighted by molar-refractivity contribution is 5.33. The summed E-state index contributed by atoms with van der Waals surface area (Å²) >= 11 is 0. The highest BCUT2D eigenvalue weighted by Gasteiger charge is 2.39. The quantitative estimate of drug-likeness (QED) is 0.817. The van der Waals surface area contributed by atoms with E-state index in [1.54, 1.807) is 0 Å². The molecule has 1 saturated carbocycles. The zero-order chi connectivity index (χ0) is 19.0. The summed E-state index contributed by atoms with van der Waals surface area (Å²) in [5.74, 6) is 0. The fourth-order valence-corrected chi connectivity index (χ4v) is 4.15. The van der Waals surface area contributed by atoms with Crippen molar-refractivity contribution in [2.24, 2.45) is 0 Å². The molecule has 26 heavy (non-hydrogen) atoms. The maximum absolute atomic E-state index is 3.43. The first-order chi connectivity index (χ1) is 12.5. The van der Waals surface area contributed by atoms with Gasteiger partial charge in [0.25, 0.3) is 0 Å². The van der Waals surface area contributed by atoms with Crippen LogP contribution in [-0.2, 0) is 12.0 Å². The van der Waals surface area contributed by atoms with Crippen LogP contribution in [0.5, 0.6) is 0 Å². The molecule has 2 aromatic carbocycles. The number of benzene rings is 2. The first kappa shape index (κ1) is 20.7. The fourth-order valence-electron chi connectivity index (χ4n) is 4.15. The Morgan fingerprint density at radius 1 is 0.962 bits per heavy atom. The number of nitrogens with one attached hydrogen (secondary N) is 1. The number of hydrogen-bond donors (Lipinski definition) is 1. The molecule has 1 fully saturated rings. The lowest BCUT2D eigenvalue weighted by molar-refractivity contribution is 0.0864. The Morgan fingerprint density at radius 3 is 2.00 bits per heavy atom. The third kappa shape index (κ3) is 4.96. The Kier molecular flexibility index (Phi) is 7.86. The van der Waals surface area contributed by atoms with Crippen LogP contribution in [0.4, 0.5) is 0 Å². The highest BCUT2D eigenvalue weighted by Crippen LogP contribution is 2.42. The third-order valence-corrected chi connectivity index (χ3v) is 5.97. The first-order valence-electron chi connectivity index (χ1n) is 9.98. The molecule has 142 valence electrons. The van der Waals surface area contributed by atoms with Crippen LogP contribution in [0, 0.1) is 6.92 Å². The molecule has 0 bridgehead atoms. The van der Waals surface area contributed by atoms with Crippen molar-refractivity contribution in [2.45, 2.75) is 57.5 Å². The molecule has 3 rings (SSSR count). The van der Waals surface area contributed by atoms with E-state index >= 15 is 0 Å². The van der Waals surface area contributed by atoms with Gasteiger partial charge in [-0.25, -0.2) is 0 Å². The second-order valence-electron chi connectivity index (χ2n) is 7.64. The molecule has 2 nitrogen and oxygen atoms in total. The van der Waals surface area contributed by atoms with Crippen LogP contribution in [0.2, 0.25) is 0 Å². The second-order valence-corrected chi connectivity index (χ2v) is 7.64. The van der Waals surface area contributed by atoms with Crippen LogP contribution in [0.1, 0.15) is 49.3 Å². The summed E-state index contributed by atoms with van der Waals surface area (Å²) in [6.45, 7) is 4.40. The standard InChI is InChI=1S/C16H26N2.C8H10/c1-13-7-5-6-8-15(13)16(18(3)4)11-9-14(17-2)10-12-16;1-2-8-6-4-3-5-7-8/h5-8,14,17H,9-12H2,1-4H3;3-7H,2H2,1H3. The zero-order valence-electron chi connectivity index (χ0n) is 17.3. The van der Waals surface area contributed by atoms with Crippen molar-refractivity contribution in [1.29, 1.82) is 0 Å². The van der Waals surface area contributed by atoms with E-state index in [1.807, 2.05) is 6.07 Å². The van der Waals surface area contributed by atoms with Gasteiger partial charge in [0.15, 0.2) is 0 Å². The lowest BCUT2D eigenvalue weighted by Gasteiger charge is -2.46. The topological polar surface area (TPSA) is 15.3 Å². The molecule has 0 radical (unpaired) electrons. The molecule has 0 spiro atoms. The van der Waals surface area contributed by atoms with E-state index in [2.05, 4.69) is 93.7 Å². The number of hydrogen-bond acceptors (Lipinski definition) is 2. The zero-order valence-corrected chi connectivity index (χ0v) is 17.3. The molecule has 0 saturated heterocycles. The van der Waals surface area contributed by atoms with E-state index in [9.17, 15) is 0 Å². The van der Waals surface area contributed by atoms with E-state index in [1.165, 1.54) is 42.4 Å². The van der Waals surface area contributed by atoms with Gasteiger partial charge in [-0.2, -0.15) is 0 Å². The van der Waals surface area contributed by atoms with E-state index in [0.717, 1.165) is 6.42 Å².